The van der Waals surface area contributed by atoms with Gasteiger partial charge in [0.25, 0.3) is 6.47 Å². The van der Waals surface area contributed by atoms with Gasteiger partial charge in [0.15, 0.2) is 0 Å². The number of amides is 1. The number of carbonyl (C=O) groups excluding carboxylic acids is 2. The van der Waals surface area contributed by atoms with Crippen LogP contribution in [0, 0.1) is 5.92 Å². The molecular formula is C16H17NO4. The van der Waals surface area contributed by atoms with E-state index in [1.54, 1.807) is 44.2 Å². The summed E-state index contributed by atoms with van der Waals surface area (Å²) in [5.74, 6) is -0.162. The number of phenols is 1. The first-order valence-corrected chi connectivity index (χ1v) is 6.63. The van der Waals surface area contributed by atoms with Crippen molar-refractivity contribution < 1.29 is 19.4 Å². The maximum Gasteiger partial charge on any atom is 0.293 e. The molecule has 0 aromatic heterocycles. The van der Waals surface area contributed by atoms with E-state index in [-0.39, 0.29) is 24.2 Å². The number of rotatable bonds is 5. The molecule has 5 heteroatoms. The Balaban J connectivity index is 2.47. The molecule has 5 nitrogen and oxygen atoms in total. The van der Waals surface area contributed by atoms with Crippen LogP contribution < -0.4 is 5.32 Å². The van der Waals surface area contributed by atoms with E-state index in [0.29, 0.717) is 28.5 Å². The van der Waals surface area contributed by atoms with Crippen LogP contribution in [0.2, 0.25) is 0 Å². The highest BCUT2D eigenvalue weighted by Crippen LogP contribution is 2.32. The standard InChI is InChI=1S/C16H17NO4/c1-10(2)16(20)17-14-5-3-4-12-13(14)6-11(7-15(12)19)8-21-9-18/h3-7,9-10,19H,8H2,1-2H3,(H,17,20). The number of hydrogen-bond donors (Lipinski definition) is 2. The van der Waals surface area contributed by atoms with E-state index in [4.69, 9.17) is 4.74 Å². The van der Waals surface area contributed by atoms with Crippen molar-refractivity contribution in [1.82, 2.24) is 0 Å². The Morgan fingerprint density at radius 2 is 2.10 bits per heavy atom. The van der Waals surface area contributed by atoms with Gasteiger partial charge in [0.2, 0.25) is 5.91 Å². The summed E-state index contributed by atoms with van der Waals surface area (Å²) in [4.78, 5) is 22.1. The second-order valence-electron chi connectivity index (χ2n) is 5.07. The quantitative estimate of drug-likeness (QED) is 0.829. The van der Waals surface area contributed by atoms with Gasteiger partial charge in [-0.05, 0) is 23.8 Å². The number of ether oxygens (including phenoxy) is 1. The number of phenolic OH excluding ortho intramolecular Hbond substituents is 1. The molecular weight excluding hydrogens is 270 g/mol. The number of fused-ring (bicyclic) bond motifs is 1. The average molecular weight is 287 g/mol. The first-order chi connectivity index (χ1) is 10.0. The van der Waals surface area contributed by atoms with Crippen LogP contribution in [0.4, 0.5) is 5.69 Å². The Kier molecular flexibility index (Phi) is 4.42. The van der Waals surface area contributed by atoms with Gasteiger partial charge in [-0.3, -0.25) is 9.59 Å². The van der Waals surface area contributed by atoms with Gasteiger partial charge in [0, 0.05) is 22.4 Å². The maximum absolute atomic E-state index is 11.9. The van der Waals surface area contributed by atoms with Crippen LogP contribution in [0.1, 0.15) is 19.4 Å². The Bertz CT molecular complexity index is 679. The molecule has 0 aliphatic heterocycles. The fourth-order valence-corrected chi connectivity index (χ4v) is 2.02. The van der Waals surface area contributed by atoms with Gasteiger partial charge in [0.1, 0.15) is 12.4 Å². The van der Waals surface area contributed by atoms with Gasteiger partial charge in [-0.2, -0.15) is 0 Å². The lowest BCUT2D eigenvalue weighted by atomic mass is 10.0. The van der Waals surface area contributed by atoms with Crippen LogP contribution >= 0.6 is 0 Å². The molecule has 21 heavy (non-hydrogen) atoms. The summed E-state index contributed by atoms with van der Waals surface area (Å²) < 4.78 is 4.70. The molecule has 0 aliphatic carbocycles. The van der Waals surface area contributed by atoms with Gasteiger partial charge >= 0.3 is 0 Å². The van der Waals surface area contributed by atoms with E-state index in [9.17, 15) is 14.7 Å². The molecule has 0 saturated heterocycles. The van der Waals surface area contributed by atoms with E-state index in [2.05, 4.69) is 5.32 Å². The fourth-order valence-electron chi connectivity index (χ4n) is 2.02. The Hall–Kier alpha value is -2.56. The summed E-state index contributed by atoms with van der Waals surface area (Å²) in [5.41, 5.74) is 1.27. The highest BCUT2D eigenvalue weighted by molar-refractivity contribution is 6.04. The SMILES string of the molecule is CC(C)C(=O)Nc1cccc2c(O)cc(COC=O)cc12. The van der Waals surface area contributed by atoms with Gasteiger partial charge in [-0.1, -0.05) is 26.0 Å². The van der Waals surface area contributed by atoms with Gasteiger partial charge in [-0.15, -0.1) is 0 Å². The highest BCUT2D eigenvalue weighted by atomic mass is 16.5. The molecule has 0 atom stereocenters. The molecule has 0 saturated carbocycles. The largest absolute Gasteiger partial charge is 0.507 e. The van der Waals surface area contributed by atoms with Crippen molar-refractivity contribution in [2.45, 2.75) is 20.5 Å². The second-order valence-corrected chi connectivity index (χ2v) is 5.07. The number of benzene rings is 2. The zero-order valence-electron chi connectivity index (χ0n) is 11.9. The Morgan fingerprint density at radius 3 is 2.76 bits per heavy atom. The Labute approximate surface area is 122 Å². The van der Waals surface area contributed by atoms with Crippen molar-refractivity contribution in [3.05, 3.63) is 35.9 Å². The molecule has 2 aromatic carbocycles. The zero-order valence-corrected chi connectivity index (χ0v) is 11.9. The molecule has 110 valence electrons. The topological polar surface area (TPSA) is 75.6 Å². The van der Waals surface area contributed by atoms with E-state index in [0.717, 1.165) is 0 Å². The van der Waals surface area contributed by atoms with Crippen molar-refractivity contribution >= 4 is 28.8 Å². The fraction of sp³-hybridized carbons (Fsp3) is 0.250. The van der Waals surface area contributed by atoms with E-state index < -0.39 is 0 Å². The molecule has 0 heterocycles. The number of hydrogen-bond acceptors (Lipinski definition) is 4. The van der Waals surface area contributed by atoms with E-state index >= 15 is 0 Å². The minimum Gasteiger partial charge on any atom is -0.507 e. The number of carbonyl (C=O) groups is 2. The van der Waals surface area contributed by atoms with E-state index in [1.165, 1.54) is 0 Å². The summed E-state index contributed by atoms with van der Waals surface area (Å²) in [6.45, 7) is 4.04. The van der Waals surface area contributed by atoms with Crippen LogP contribution in [0.5, 0.6) is 5.75 Å². The summed E-state index contributed by atoms with van der Waals surface area (Å²) in [7, 11) is 0. The summed E-state index contributed by atoms with van der Waals surface area (Å²) in [6, 6.07) is 8.63. The van der Waals surface area contributed by atoms with Crippen molar-refractivity contribution in [3.63, 3.8) is 0 Å². The first-order valence-electron chi connectivity index (χ1n) is 6.63. The summed E-state index contributed by atoms with van der Waals surface area (Å²) in [6.07, 6.45) is 0. The number of anilines is 1. The molecule has 1 amide bonds. The predicted octanol–water partition coefficient (Wildman–Crippen LogP) is 2.81. The van der Waals surface area contributed by atoms with Crippen molar-refractivity contribution in [2.24, 2.45) is 5.92 Å². The third kappa shape index (κ3) is 3.31. The molecule has 2 rings (SSSR count). The van der Waals surface area contributed by atoms with Gasteiger partial charge < -0.3 is 15.2 Å². The zero-order chi connectivity index (χ0) is 15.4. The van der Waals surface area contributed by atoms with Crippen molar-refractivity contribution in [3.8, 4) is 5.75 Å². The van der Waals surface area contributed by atoms with Gasteiger partial charge in [0.05, 0.1) is 0 Å². The highest BCUT2D eigenvalue weighted by Gasteiger charge is 2.11. The first kappa shape index (κ1) is 14.8. The molecule has 2 aromatic rings. The second kappa shape index (κ2) is 6.26. The molecule has 0 unspecified atom stereocenters. The van der Waals surface area contributed by atoms with Crippen LogP contribution in [-0.4, -0.2) is 17.5 Å². The van der Waals surface area contributed by atoms with Crippen LogP contribution in [0.25, 0.3) is 10.8 Å². The average Bonchev–Trinajstić information content (AvgIpc) is 2.45. The van der Waals surface area contributed by atoms with Crippen LogP contribution in [-0.2, 0) is 20.9 Å². The van der Waals surface area contributed by atoms with Crippen molar-refractivity contribution in [1.29, 1.82) is 0 Å². The van der Waals surface area contributed by atoms with E-state index in [1.807, 2.05) is 0 Å². The third-order valence-corrected chi connectivity index (χ3v) is 3.13. The lowest BCUT2D eigenvalue weighted by Crippen LogP contribution is -2.17. The lowest BCUT2D eigenvalue weighted by molar-refractivity contribution is -0.129. The predicted molar refractivity (Wildman–Crippen MR) is 79.9 cm³/mol. The third-order valence-electron chi connectivity index (χ3n) is 3.13. The monoisotopic (exact) mass is 287 g/mol. The molecule has 0 spiro atoms. The molecule has 2 N–H and O–H groups in total. The minimum absolute atomic E-state index is 0.0689. The molecule has 0 bridgehead atoms. The minimum atomic E-state index is -0.143. The smallest absolute Gasteiger partial charge is 0.293 e. The summed E-state index contributed by atoms with van der Waals surface area (Å²) in [5, 5.41) is 14.2. The number of nitrogens with one attached hydrogen (secondary N) is 1. The van der Waals surface area contributed by atoms with Gasteiger partial charge in [-0.25, -0.2) is 0 Å². The molecule has 0 aliphatic rings. The Morgan fingerprint density at radius 1 is 1.33 bits per heavy atom. The normalized spacial score (nSPS) is 10.6. The van der Waals surface area contributed by atoms with Crippen molar-refractivity contribution in [2.75, 3.05) is 5.32 Å². The lowest BCUT2D eigenvalue weighted by Gasteiger charge is -2.12. The molecule has 0 radical (unpaired) electrons. The number of aromatic hydroxyl groups is 1. The van der Waals surface area contributed by atoms with Crippen LogP contribution in [0.15, 0.2) is 30.3 Å². The maximum atomic E-state index is 11.9. The summed E-state index contributed by atoms with van der Waals surface area (Å²) >= 11 is 0. The molecule has 0 fully saturated rings. The van der Waals surface area contributed by atoms with Crippen LogP contribution in [0.3, 0.4) is 0 Å².